The Morgan fingerprint density at radius 3 is 2.28 bits per heavy atom. The van der Waals surface area contributed by atoms with Gasteiger partial charge in [-0.1, -0.05) is 50.4 Å². The molecule has 1 aromatic rings. The summed E-state index contributed by atoms with van der Waals surface area (Å²) in [4.78, 5) is 3.82. The Labute approximate surface area is 120 Å². The fraction of sp³-hybridized carbons (Fsp3) is 0.714. The quantitative estimate of drug-likeness (QED) is 0.482. The highest BCUT2D eigenvalue weighted by Crippen LogP contribution is 2.08. The molecule has 0 unspecified atom stereocenters. The Hall–Kier alpha value is -0.510. The molecule has 0 radical (unpaired) electrons. The van der Waals surface area contributed by atoms with E-state index in [0.717, 1.165) is 13.0 Å². The van der Waals surface area contributed by atoms with Gasteiger partial charge < -0.3 is 17.0 Å². The average Bonchev–Trinajstić information content (AvgIpc) is 2.33. The topological polar surface area (TPSA) is 16.8 Å². The first-order valence-electron chi connectivity index (χ1n) is 6.82. The molecule has 18 heavy (non-hydrogen) atoms. The first-order chi connectivity index (χ1) is 8.33. The average molecular weight is 319 g/mol. The van der Waals surface area contributed by atoms with E-state index in [1.807, 2.05) is 4.57 Å². The molecule has 0 saturated carbocycles. The summed E-state index contributed by atoms with van der Waals surface area (Å²) in [5, 5.41) is 0. The molecule has 0 fully saturated rings. The van der Waals surface area contributed by atoms with Gasteiger partial charge in [-0.15, -0.1) is 0 Å². The number of rotatable bonds is 9. The standard InChI is InChI=1S/C14H24FN2.BrH/c1-2-3-4-5-6-7-8-9-10-17-12-14(15)11-16-13-17;/h11-13H,2-10H2,1H3;1H/q+1;/p-1. The van der Waals surface area contributed by atoms with E-state index in [4.69, 9.17) is 0 Å². The van der Waals surface area contributed by atoms with Crippen LogP contribution in [0, 0.1) is 5.82 Å². The summed E-state index contributed by atoms with van der Waals surface area (Å²) in [6, 6.07) is 0. The second-order valence-corrected chi connectivity index (χ2v) is 4.62. The third-order valence-electron chi connectivity index (χ3n) is 2.97. The zero-order chi connectivity index (χ0) is 12.3. The summed E-state index contributed by atoms with van der Waals surface area (Å²) < 4.78 is 14.7. The maximum absolute atomic E-state index is 12.8. The van der Waals surface area contributed by atoms with Gasteiger partial charge in [0.2, 0.25) is 5.82 Å². The van der Waals surface area contributed by atoms with Crippen LogP contribution in [0.2, 0.25) is 0 Å². The molecular formula is C14H24BrFN2. The lowest BCUT2D eigenvalue weighted by molar-refractivity contribution is -0.701. The van der Waals surface area contributed by atoms with E-state index in [2.05, 4.69) is 11.9 Å². The molecule has 4 heteroatoms. The molecule has 0 N–H and O–H groups in total. The minimum absolute atomic E-state index is 0. The van der Waals surface area contributed by atoms with Gasteiger partial charge in [0.25, 0.3) is 6.33 Å². The zero-order valence-electron chi connectivity index (χ0n) is 11.2. The summed E-state index contributed by atoms with van der Waals surface area (Å²) in [6.45, 7) is 3.12. The fourth-order valence-corrected chi connectivity index (χ4v) is 1.97. The van der Waals surface area contributed by atoms with Gasteiger partial charge in [0.15, 0.2) is 6.20 Å². The van der Waals surface area contributed by atoms with Crippen molar-refractivity contribution < 1.29 is 25.9 Å². The maximum Gasteiger partial charge on any atom is 0.286 e. The van der Waals surface area contributed by atoms with Gasteiger partial charge >= 0.3 is 0 Å². The van der Waals surface area contributed by atoms with Gasteiger partial charge in [0, 0.05) is 0 Å². The third kappa shape index (κ3) is 8.56. The van der Waals surface area contributed by atoms with Crippen LogP contribution in [0.25, 0.3) is 0 Å². The SMILES string of the molecule is CCCCCCCCCC[n+]1cncc(F)c1.[Br-]. The summed E-state index contributed by atoms with van der Waals surface area (Å²) in [7, 11) is 0. The zero-order valence-corrected chi connectivity index (χ0v) is 12.8. The smallest absolute Gasteiger partial charge is 0.286 e. The number of halogens is 2. The van der Waals surface area contributed by atoms with E-state index in [1.54, 1.807) is 6.33 Å². The number of aromatic nitrogens is 2. The highest BCUT2D eigenvalue weighted by molar-refractivity contribution is 4.75. The number of nitrogens with zero attached hydrogens (tertiary/aromatic N) is 2. The van der Waals surface area contributed by atoms with E-state index in [1.165, 1.54) is 57.3 Å². The molecule has 2 nitrogen and oxygen atoms in total. The first-order valence-corrected chi connectivity index (χ1v) is 6.82. The van der Waals surface area contributed by atoms with Crippen molar-refractivity contribution in [3.63, 3.8) is 0 Å². The highest BCUT2D eigenvalue weighted by Gasteiger charge is 2.00. The predicted octanol–water partition coefficient (Wildman–Crippen LogP) is 0.653. The van der Waals surface area contributed by atoms with Crippen LogP contribution in [0.1, 0.15) is 58.3 Å². The molecule has 0 bridgehead atoms. The Morgan fingerprint density at radius 1 is 1.06 bits per heavy atom. The van der Waals surface area contributed by atoms with Crippen LogP contribution in [0.15, 0.2) is 18.7 Å². The van der Waals surface area contributed by atoms with Crippen molar-refractivity contribution in [2.24, 2.45) is 0 Å². The van der Waals surface area contributed by atoms with E-state index >= 15 is 0 Å². The van der Waals surface area contributed by atoms with Crippen molar-refractivity contribution in [2.45, 2.75) is 64.8 Å². The Balaban J connectivity index is 0.00000289. The molecule has 0 saturated heterocycles. The van der Waals surface area contributed by atoms with Gasteiger partial charge in [-0.05, 0) is 12.8 Å². The second-order valence-electron chi connectivity index (χ2n) is 4.62. The van der Waals surface area contributed by atoms with Gasteiger partial charge in [0.05, 0.1) is 6.54 Å². The summed E-state index contributed by atoms with van der Waals surface area (Å²) in [5.74, 6) is -0.257. The number of aryl methyl sites for hydroxylation is 1. The fourth-order valence-electron chi connectivity index (χ4n) is 1.97. The molecule has 0 aliphatic heterocycles. The minimum atomic E-state index is -0.257. The van der Waals surface area contributed by atoms with Crippen LogP contribution >= 0.6 is 0 Å². The second kappa shape index (κ2) is 11.6. The van der Waals surface area contributed by atoms with Gasteiger partial charge in [-0.3, -0.25) is 0 Å². The third-order valence-corrected chi connectivity index (χ3v) is 2.97. The van der Waals surface area contributed by atoms with Crippen LogP contribution in [-0.4, -0.2) is 4.98 Å². The number of hydrogen-bond acceptors (Lipinski definition) is 1. The largest absolute Gasteiger partial charge is 1.00 e. The van der Waals surface area contributed by atoms with Crippen molar-refractivity contribution >= 4 is 0 Å². The molecule has 0 amide bonds. The van der Waals surface area contributed by atoms with E-state index in [9.17, 15) is 4.39 Å². The first kappa shape index (κ1) is 17.5. The van der Waals surface area contributed by atoms with E-state index in [0.29, 0.717) is 0 Å². The van der Waals surface area contributed by atoms with E-state index in [-0.39, 0.29) is 22.8 Å². The molecule has 0 aromatic carbocycles. The summed E-state index contributed by atoms with van der Waals surface area (Å²) in [5.41, 5.74) is 0. The Kier molecular flexibility index (Phi) is 11.2. The lowest BCUT2D eigenvalue weighted by Gasteiger charge is -2.01. The van der Waals surface area contributed by atoms with Crippen LogP contribution in [-0.2, 0) is 6.54 Å². The van der Waals surface area contributed by atoms with Crippen LogP contribution in [0.5, 0.6) is 0 Å². The van der Waals surface area contributed by atoms with Crippen molar-refractivity contribution in [2.75, 3.05) is 0 Å². The lowest BCUT2D eigenvalue weighted by atomic mass is 10.1. The van der Waals surface area contributed by atoms with E-state index < -0.39 is 0 Å². The maximum atomic E-state index is 12.8. The molecule has 0 aliphatic carbocycles. The monoisotopic (exact) mass is 318 g/mol. The molecule has 1 heterocycles. The van der Waals surface area contributed by atoms with Crippen LogP contribution in [0.3, 0.4) is 0 Å². The molecule has 0 aliphatic rings. The molecule has 104 valence electrons. The van der Waals surface area contributed by atoms with Gasteiger partial charge in [-0.2, -0.15) is 4.39 Å². The summed E-state index contributed by atoms with van der Waals surface area (Å²) in [6.07, 6.45) is 14.8. The van der Waals surface area contributed by atoms with Gasteiger partial charge in [-0.25, -0.2) is 4.57 Å². The summed E-state index contributed by atoms with van der Waals surface area (Å²) >= 11 is 0. The number of hydrogen-bond donors (Lipinski definition) is 0. The number of unbranched alkanes of at least 4 members (excludes halogenated alkanes) is 7. The van der Waals surface area contributed by atoms with Crippen LogP contribution in [0.4, 0.5) is 4.39 Å². The molecule has 0 spiro atoms. The molecule has 1 aromatic heterocycles. The van der Waals surface area contributed by atoms with Crippen molar-refractivity contribution in [1.29, 1.82) is 0 Å². The molecule has 0 atom stereocenters. The Bertz CT molecular complexity index is 308. The van der Waals surface area contributed by atoms with Gasteiger partial charge in [0.1, 0.15) is 6.20 Å². The highest BCUT2D eigenvalue weighted by atomic mass is 79.9. The van der Waals surface area contributed by atoms with Crippen molar-refractivity contribution in [1.82, 2.24) is 4.98 Å². The minimum Gasteiger partial charge on any atom is -1.00 e. The lowest BCUT2D eigenvalue weighted by Crippen LogP contribution is -3.00. The molecule has 1 rings (SSSR count). The van der Waals surface area contributed by atoms with Crippen molar-refractivity contribution in [3.05, 3.63) is 24.5 Å². The normalized spacial score (nSPS) is 10.1. The van der Waals surface area contributed by atoms with Crippen LogP contribution < -0.4 is 21.5 Å². The van der Waals surface area contributed by atoms with Crippen molar-refractivity contribution in [3.8, 4) is 0 Å². The Morgan fingerprint density at radius 2 is 1.67 bits per heavy atom. The molecular weight excluding hydrogens is 295 g/mol. The predicted molar refractivity (Wildman–Crippen MR) is 67.0 cm³/mol.